The van der Waals surface area contributed by atoms with Crippen LogP contribution in [0.5, 0.6) is 0 Å². The van der Waals surface area contributed by atoms with E-state index in [-0.39, 0.29) is 12.4 Å². The molecule has 2 aromatic rings. The molecule has 0 aliphatic carbocycles. The van der Waals surface area contributed by atoms with E-state index in [1.165, 1.54) is 12.1 Å². The van der Waals surface area contributed by atoms with Gasteiger partial charge < -0.3 is 15.1 Å². The maximum absolute atomic E-state index is 13.3. The molecule has 1 atom stereocenters. The number of halogens is 1. The molecule has 4 N–H and O–H groups in total. The Morgan fingerprint density at radius 2 is 1.70 bits per heavy atom. The summed E-state index contributed by atoms with van der Waals surface area (Å²) in [7, 11) is -0.754. The average molecular weight is 440 g/mol. The molecule has 8 nitrogen and oxygen atoms in total. The van der Waals surface area contributed by atoms with E-state index in [0.717, 1.165) is 6.54 Å². The van der Waals surface area contributed by atoms with Crippen molar-refractivity contribution in [3.05, 3.63) is 70.5 Å². The molecule has 164 valence electrons. The molecule has 10 heteroatoms. The zero-order valence-electron chi connectivity index (χ0n) is 16.7. The SMILES string of the molecule is CN(C)CCCC(O)(c1ccc(F)cc1)c1ccc(C#N)cc1CO.O=S(=O)(O)O. The standard InChI is InChI=1S/C20H23FN2O2.H2O4S/c1-23(2)11-3-10-20(25,17-5-7-18(21)8-6-17)19-9-4-15(13-22)12-16(19)14-24;1-5(2,3)4/h4-9,12,24-25H,3,10-11,14H2,1-2H3;(H2,1,2,3,4). The summed E-state index contributed by atoms with van der Waals surface area (Å²) in [5.74, 6) is -0.374. The Kier molecular flexibility index (Phi) is 9.51. The van der Waals surface area contributed by atoms with Crippen LogP contribution in [0.15, 0.2) is 42.5 Å². The first-order chi connectivity index (χ1) is 13.9. The van der Waals surface area contributed by atoms with E-state index in [0.29, 0.717) is 35.1 Å². The van der Waals surface area contributed by atoms with E-state index >= 15 is 0 Å². The van der Waals surface area contributed by atoms with Crippen molar-refractivity contribution in [1.29, 1.82) is 5.26 Å². The molecule has 0 radical (unpaired) electrons. The van der Waals surface area contributed by atoms with Crippen molar-refractivity contribution in [2.24, 2.45) is 0 Å². The molecule has 0 spiro atoms. The van der Waals surface area contributed by atoms with E-state index in [1.54, 1.807) is 30.3 Å². The quantitative estimate of drug-likeness (QED) is 0.480. The van der Waals surface area contributed by atoms with Crippen LogP contribution in [-0.4, -0.2) is 53.3 Å². The van der Waals surface area contributed by atoms with Gasteiger partial charge in [-0.25, -0.2) is 4.39 Å². The van der Waals surface area contributed by atoms with Crippen LogP contribution in [0.4, 0.5) is 4.39 Å². The summed E-state index contributed by atoms with van der Waals surface area (Å²) >= 11 is 0. The lowest BCUT2D eigenvalue weighted by atomic mass is 9.80. The van der Waals surface area contributed by atoms with Gasteiger partial charge in [-0.1, -0.05) is 18.2 Å². The molecule has 0 fully saturated rings. The van der Waals surface area contributed by atoms with Gasteiger partial charge in [-0.15, -0.1) is 0 Å². The van der Waals surface area contributed by atoms with Gasteiger partial charge in [-0.05, 0) is 74.4 Å². The topological polar surface area (TPSA) is 142 Å². The summed E-state index contributed by atoms with van der Waals surface area (Å²) < 4.78 is 44.9. The minimum Gasteiger partial charge on any atom is -0.392 e. The number of hydrogen-bond acceptors (Lipinski definition) is 6. The van der Waals surface area contributed by atoms with Gasteiger partial charge in [0.15, 0.2) is 0 Å². The van der Waals surface area contributed by atoms with Crippen molar-refractivity contribution >= 4 is 10.4 Å². The largest absolute Gasteiger partial charge is 0.394 e. The minimum atomic E-state index is -4.67. The van der Waals surface area contributed by atoms with Crippen molar-refractivity contribution in [3.63, 3.8) is 0 Å². The maximum atomic E-state index is 13.3. The highest BCUT2D eigenvalue weighted by molar-refractivity contribution is 7.79. The van der Waals surface area contributed by atoms with E-state index in [9.17, 15) is 14.6 Å². The van der Waals surface area contributed by atoms with Gasteiger partial charge in [0, 0.05) is 0 Å². The highest BCUT2D eigenvalue weighted by Crippen LogP contribution is 2.36. The molecule has 0 heterocycles. The highest BCUT2D eigenvalue weighted by Gasteiger charge is 2.33. The molecule has 0 aliphatic heterocycles. The third-order valence-corrected chi connectivity index (χ3v) is 4.32. The third kappa shape index (κ3) is 8.16. The Bertz CT molecular complexity index is 966. The van der Waals surface area contributed by atoms with Crippen molar-refractivity contribution in [1.82, 2.24) is 4.90 Å². The molecule has 0 aromatic heterocycles. The van der Waals surface area contributed by atoms with Crippen molar-refractivity contribution < 1.29 is 32.1 Å². The molecule has 30 heavy (non-hydrogen) atoms. The second-order valence-electron chi connectivity index (χ2n) is 6.86. The first kappa shape index (κ1) is 25.6. The highest BCUT2D eigenvalue weighted by atomic mass is 32.3. The zero-order chi connectivity index (χ0) is 22.9. The molecule has 0 bridgehead atoms. The Morgan fingerprint density at radius 3 is 2.17 bits per heavy atom. The van der Waals surface area contributed by atoms with Crippen LogP contribution in [0.1, 0.15) is 35.1 Å². The van der Waals surface area contributed by atoms with Gasteiger partial charge in [-0.3, -0.25) is 9.11 Å². The fourth-order valence-corrected chi connectivity index (χ4v) is 3.01. The maximum Gasteiger partial charge on any atom is 0.394 e. The fraction of sp³-hybridized carbons (Fsp3) is 0.350. The van der Waals surface area contributed by atoms with Crippen molar-refractivity contribution in [3.8, 4) is 6.07 Å². The molecule has 0 saturated carbocycles. The summed E-state index contributed by atoms with van der Waals surface area (Å²) in [5.41, 5.74) is 0.653. The van der Waals surface area contributed by atoms with E-state index in [1.807, 2.05) is 25.1 Å². The first-order valence-corrected chi connectivity index (χ1v) is 10.3. The summed E-state index contributed by atoms with van der Waals surface area (Å²) in [6, 6.07) is 12.7. The molecule has 0 saturated heterocycles. The van der Waals surface area contributed by atoms with Crippen LogP contribution >= 0.6 is 0 Å². The first-order valence-electron chi connectivity index (χ1n) is 8.88. The Hall–Kier alpha value is -2.39. The lowest BCUT2D eigenvalue weighted by Gasteiger charge is -2.32. The monoisotopic (exact) mass is 440 g/mol. The second kappa shape index (κ2) is 11.1. The zero-order valence-corrected chi connectivity index (χ0v) is 17.5. The van der Waals surface area contributed by atoms with Crippen LogP contribution in [0.25, 0.3) is 0 Å². The van der Waals surface area contributed by atoms with Gasteiger partial charge in [0.25, 0.3) is 0 Å². The lowest BCUT2D eigenvalue weighted by Crippen LogP contribution is -2.30. The van der Waals surface area contributed by atoms with Crippen LogP contribution in [0.2, 0.25) is 0 Å². The average Bonchev–Trinajstić information content (AvgIpc) is 2.66. The molecular formula is C20H25FN2O6S. The van der Waals surface area contributed by atoms with Gasteiger partial charge in [-0.2, -0.15) is 13.7 Å². The smallest absolute Gasteiger partial charge is 0.392 e. The minimum absolute atomic E-state index is 0.290. The summed E-state index contributed by atoms with van der Waals surface area (Å²) in [6.45, 7) is 0.496. The Balaban J connectivity index is 0.000000804. The predicted molar refractivity (Wildman–Crippen MR) is 108 cm³/mol. The fourth-order valence-electron chi connectivity index (χ4n) is 3.01. The van der Waals surface area contributed by atoms with Crippen molar-refractivity contribution in [2.75, 3.05) is 20.6 Å². The number of aliphatic hydroxyl groups is 2. The number of benzene rings is 2. The van der Waals surface area contributed by atoms with E-state index in [4.69, 9.17) is 22.8 Å². The molecule has 2 aromatic carbocycles. The number of nitrogens with zero attached hydrogens (tertiary/aromatic N) is 2. The van der Waals surface area contributed by atoms with Gasteiger partial charge in [0.1, 0.15) is 11.4 Å². The Labute approximate surface area is 175 Å². The molecule has 0 amide bonds. The number of hydrogen-bond donors (Lipinski definition) is 4. The number of aliphatic hydroxyl groups excluding tert-OH is 1. The molecule has 2 rings (SSSR count). The molecule has 0 aliphatic rings. The van der Waals surface area contributed by atoms with Crippen molar-refractivity contribution in [2.45, 2.75) is 25.0 Å². The van der Waals surface area contributed by atoms with Gasteiger partial charge in [0.05, 0.1) is 18.2 Å². The Morgan fingerprint density at radius 1 is 1.13 bits per heavy atom. The number of nitriles is 1. The van der Waals surface area contributed by atoms with Crippen LogP contribution in [0.3, 0.4) is 0 Å². The summed E-state index contributed by atoms with van der Waals surface area (Å²) in [4.78, 5) is 2.02. The second-order valence-corrected chi connectivity index (χ2v) is 7.76. The van der Waals surface area contributed by atoms with Crippen LogP contribution in [0, 0.1) is 17.1 Å². The summed E-state index contributed by atoms with van der Waals surface area (Å²) in [6.07, 6.45) is 1.13. The van der Waals surface area contributed by atoms with E-state index in [2.05, 4.69) is 0 Å². The predicted octanol–water partition coefficient (Wildman–Crippen LogP) is 2.11. The van der Waals surface area contributed by atoms with E-state index < -0.39 is 16.0 Å². The normalized spacial score (nSPS) is 13.2. The van der Waals surface area contributed by atoms with Gasteiger partial charge >= 0.3 is 10.4 Å². The third-order valence-electron chi connectivity index (χ3n) is 4.32. The summed E-state index contributed by atoms with van der Waals surface area (Å²) in [5, 5.41) is 30.3. The van der Waals surface area contributed by atoms with Crippen LogP contribution < -0.4 is 0 Å². The number of rotatable bonds is 7. The lowest BCUT2D eigenvalue weighted by molar-refractivity contribution is 0.0640. The van der Waals surface area contributed by atoms with Crippen LogP contribution in [-0.2, 0) is 22.6 Å². The molecular weight excluding hydrogens is 415 g/mol. The van der Waals surface area contributed by atoms with Gasteiger partial charge in [0.2, 0.25) is 0 Å². The molecule has 1 unspecified atom stereocenters.